The summed E-state index contributed by atoms with van der Waals surface area (Å²) >= 11 is 2.60. The molecule has 2 aliphatic heterocycles. The van der Waals surface area contributed by atoms with Gasteiger partial charge >= 0.3 is 209 Å². The van der Waals surface area contributed by atoms with Gasteiger partial charge in [-0.3, -0.25) is 0 Å². The van der Waals surface area contributed by atoms with Crippen LogP contribution in [-0.2, 0) is 22.4 Å². The van der Waals surface area contributed by atoms with Gasteiger partial charge in [-0.15, -0.1) is 0 Å². The van der Waals surface area contributed by atoms with Crippen LogP contribution in [0.4, 0.5) is 10.3 Å². The molecule has 0 atom stereocenters. The van der Waals surface area contributed by atoms with Crippen molar-refractivity contribution >= 4 is 63.1 Å². The minimum atomic E-state index is -1.28. The van der Waals surface area contributed by atoms with Gasteiger partial charge in [-0.1, -0.05) is 31.8 Å². The van der Waals surface area contributed by atoms with Crippen LogP contribution in [0.1, 0.15) is 45.8 Å². The van der Waals surface area contributed by atoms with E-state index in [1.807, 2.05) is 50.2 Å². The van der Waals surface area contributed by atoms with Crippen LogP contribution in [0.25, 0.3) is 10.2 Å². The second-order valence-corrected chi connectivity index (χ2v) is 24.7. The first-order valence-electron chi connectivity index (χ1n) is 14.0. The summed E-state index contributed by atoms with van der Waals surface area (Å²) in [5.41, 5.74) is 4.15. The summed E-state index contributed by atoms with van der Waals surface area (Å²) < 4.78 is 13.4. The van der Waals surface area contributed by atoms with Gasteiger partial charge in [0, 0.05) is 8.07 Å². The van der Waals surface area contributed by atoms with Gasteiger partial charge in [0.1, 0.15) is 0 Å². The quantitative estimate of drug-likeness (QED) is 0.0686. The van der Waals surface area contributed by atoms with Crippen molar-refractivity contribution in [2.75, 3.05) is 29.7 Å². The molecule has 0 spiro atoms. The van der Waals surface area contributed by atoms with Crippen molar-refractivity contribution < 1.29 is 40.3 Å². The predicted molar refractivity (Wildman–Crippen MR) is 167 cm³/mol. The van der Waals surface area contributed by atoms with E-state index >= 15 is 0 Å². The van der Waals surface area contributed by atoms with Crippen LogP contribution in [0.15, 0.2) is 42.5 Å². The summed E-state index contributed by atoms with van der Waals surface area (Å²) in [7, 11) is -1.28. The van der Waals surface area contributed by atoms with Crippen molar-refractivity contribution in [3.05, 3.63) is 67.7 Å². The van der Waals surface area contributed by atoms with Gasteiger partial charge in [-0.25, -0.2) is 0 Å². The summed E-state index contributed by atoms with van der Waals surface area (Å²) in [6.07, 6.45) is 0.791. The number of fused-ring (bicyclic) bond motifs is 3. The van der Waals surface area contributed by atoms with Gasteiger partial charge < -0.3 is 0 Å². The molecular formula is C30H34IN4O4S2Si-. The van der Waals surface area contributed by atoms with Gasteiger partial charge in [-0.05, 0) is 18.2 Å². The number of aromatic nitrogens is 2. The first-order valence-corrected chi connectivity index (χ1v) is 21.5. The maximum atomic E-state index is 14.3. The summed E-state index contributed by atoms with van der Waals surface area (Å²) in [6.45, 7) is 13.0. The Kier molecular flexibility index (Phi) is 8.19. The van der Waals surface area contributed by atoms with E-state index in [0.717, 1.165) is 48.4 Å². The van der Waals surface area contributed by atoms with E-state index in [4.69, 9.17) is 19.4 Å². The molecule has 4 aromatic rings. The number of nitrogens with zero attached hydrogens (tertiary/aromatic N) is 4. The molecule has 0 unspecified atom stereocenters. The molecule has 222 valence electrons. The number of carbonyl (C=O) groups is 2. The van der Waals surface area contributed by atoms with E-state index in [9.17, 15) is 9.59 Å². The third-order valence-electron chi connectivity index (χ3n) is 7.17. The number of rotatable bonds is 8. The Hall–Kier alpha value is -2.39. The van der Waals surface area contributed by atoms with E-state index in [-0.39, 0.29) is 18.6 Å². The Morgan fingerprint density at radius 3 is 2.74 bits per heavy atom. The molecule has 2 aromatic carbocycles. The molecule has 0 saturated heterocycles. The molecule has 42 heavy (non-hydrogen) atoms. The van der Waals surface area contributed by atoms with Crippen LogP contribution in [0, 0.1) is 2.88 Å². The summed E-state index contributed by atoms with van der Waals surface area (Å²) in [5, 5.41) is 1.46. The average Bonchev–Trinajstić information content (AvgIpc) is 3.55. The fourth-order valence-electron chi connectivity index (χ4n) is 4.91. The zero-order valence-corrected chi connectivity index (χ0v) is 29.2. The van der Waals surface area contributed by atoms with Crippen LogP contribution < -0.4 is 31.0 Å². The topological polar surface area (TPSA) is 84.9 Å². The van der Waals surface area contributed by atoms with Gasteiger partial charge in [0.05, 0.1) is 0 Å². The number of alkyl halides is 1. The number of hydrogen-bond donors (Lipinski definition) is 0. The van der Waals surface area contributed by atoms with Crippen molar-refractivity contribution in [3.63, 3.8) is 0 Å². The molecule has 1 amide bonds. The third kappa shape index (κ3) is 6.28. The number of amides is 1. The van der Waals surface area contributed by atoms with Crippen LogP contribution in [-0.4, -0.2) is 53.4 Å². The molecule has 4 heterocycles. The second kappa shape index (κ2) is 11.6. The molecule has 0 fully saturated rings. The number of para-hydroxylation sites is 1. The Bertz CT molecular complexity index is 1630. The Morgan fingerprint density at radius 1 is 1.14 bits per heavy atom. The van der Waals surface area contributed by atoms with Crippen molar-refractivity contribution in [3.8, 4) is 0 Å². The molecular weight excluding hydrogens is 699 g/mol. The molecule has 6 rings (SSSR count). The number of benzene rings is 2. The zero-order valence-electron chi connectivity index (χ0n) is 24.4. The second-order valence-electron chi connectivity index (χ2n) is 12.1. The van der Waals surface area contributed by atoms with Crippen LogP contribution in [0.2, 0.25) is 25.7 Å². The van der Waals surface area contributed by atoms with Crippen molar-refractivity contribution in [1.29, 1.82) is 0 Å². The van der Waals surface area contributed by atoms with Crippen molar-refractivity contribution in [1.82, 2.24) is 9.97 Å². The number of carbonyl (C=O) groups excluding carboxylic acids is 2. The number of anilines is 2. The van der Waals surface area contributed by atoms with Crippen LogP contribution in [0.5, 0.6) is 0 Å². The van der Waals surface area contributed by atoms with E-state index < -0.39 is 32.9 Å². The normalized spacial score (nSPS) is 16.4. The zero-order chi connectivity index (χ0) is 29.6. The third-order valence-corrected chi connectivity index (χ3v) is 14.5. The van der Waals surface area contributed by atoms with E-state index in [0.29, 0.717) is 29.5 Å². The van der Waals surface area contributed by atoms with Gasteiger partial charge in [0.15, 0.2) is 0 Å². The van der Waals surface area contributed by atoms with E-state index in [1.165, 1.54) is 11.3 Å². The number of thiazole rings is 2. The fourth-order valence-corrected chi connectivity index (χ4v) is 11.7. The first-order chi connectivity index (χ1) is 20.0. The van der Waals surface area contributed by atoms with E-state index in [1.54, 1.807) is 16.2 Å². The van der Waals surface area contributed by atoms with Crippen molar-refractivity contribution in [2.24, 2.45) is 0 Å². The molecule has 2 aromatic heterocycles. The molecule has 0 saturated carbocycles. The maximum absolute atomic E-state index is 14.3. The molecule has 0 aliphatic carbocycles. The number of hydrogen-bond acceptors (Lipinski definition) is 9. The summed E-state index contributed by atoms with van der Waals surface area (Å²) in [6, 6.07) is 15.0. The van der Waals surface area contributed by atoms with Crippen molar-refractivity contribution in [2.45, 2.75) is 56.1 Å². The van der Waals surface area contributed by atoms with Gasteiger partial charge in [-0.2, -0.15) is 0 Å². The molecule has 8 nitrogen and oxygen atoms in total. The first kappa shape index (κ1) is 29.7. The van der Waals surface area contributed by atoms with Crippen LogP contribution in [0.3, 0.4) is 0 Å². The Balaban J connectivity index is 1.29. The summed E-state index contributed by atoms with van der Waals surface area (Å²) in [4.78, 5) is 40.4. The SMILES string of the molecule is CC1(C)OC(=O)c2nc(N3CCc4cccc(C(=O)N(COCC[Si](C)(C)C)c5nc6ccccc6s5)c4C3)sc2[I-]1. The van der Waals surface area contributed by atoms with Gasteiger partial charge in [0.2, 0.25) is 0 Å². The molecule has 0 radical (unpaired) electrons. The number of ether oxygens (including phenoxy) is 2. The minimum absolute atomic E-state index is 0.115. The number of halogens is 1. The standard InChI is InChI=1S/C30H34IN4O4S2Si/c1-30(2)31-25-24(27(37)39-30)33-28(41-25)34-14-13-19-9-8-10-20(21(19)17-34)26(36)35(18-38-15-16-42(3,4)5)29-32-22-11-6-7-12-23(22)40-29/h6-12H,13-18H2,1-5H3/q-1. The fraction of sp³-hybridized carbons (Fsp3) is 0.400. The Morgan fingerprint density at radius 2 is 1.95 bits per heavy atom. The van der Waals surface area contributed by atoms with Crippen LogP contribution >= 0.6 is 22.7 Å². The monoisotopic (exact) mass is 733 g/mol. The average molecular weight is 734 g/mol. The summed E-state index contributed by atoms with van der Waals surface area (Å²) in [5.74, 6) is -0.451. The molecule has 0 bridgehead atoms. The van der Waals surface area contributed by atoms with Gasteiger partial charge in [0.25, 0.3) is 0 Å². The molecule has 0 N–H and O–H groups in total. The number of cyclic esters (lactones) is 1. The molecule has 12 heteroatoms. The Labute approximate surface area is 265 Å². The number of esters is 1. The molecule has 2 aliphatic rings. The predicted octanol–water partition coefficient (Wildman–Crippen LogP) is 3.44. The van der Waals surface area contributed by atoms with E-state index in [2.05, 4.69) is 30.6 Å².